The maximum absolute atomic E-state index is 5.74. The van der Waals surface area contributed by atoms with Gasteiger partial charge in [0.1, 0.15) is 11.5 Å². The number of benzene rings is 1. The lowest BCUT2D eigenvalue weighted by atomic mass is 10.1. The molecule has 0 unspecified atom stereocenters. The molecule has 1 aromatic carbocycles. The Labute approximate surface area is 134 Å². The molecule has 0 saturated heterocycles. The second kappa shape index (κ2) is 6.01. The van der Waals surface area contributed by atoms with E-state index in [-0.39, 0.29) is 0 Å². The van der Waals surface area contributed by atoms with Crippen LogP contribution in [0, 0.1) is 6.92 Å². The van der Waals surface area contributed by atoms with E-state index in [1.165, 1.54) is 18.4 Å². The van der Waals surface area contributed by atoms with Crippen molar-refractivity contribution in [2.75, 3.05) is 0 Å². The minimum atomic E-state index is 0.499. The van der Waals surface area contributed by atoms with Gasteiger partial charge in [0.05, 0.1) is 6.54 Å². The number of hydrogen-bond donors (Lipinski definition) is 1. The topological polar surface area (TPSA) is 64.1 Å². The summed E-state index contributed by atoms with van der Waals surface area (Å²) in [4.78, 5) is 4.43. The van der Waals surface area contributed by atoms with Crippen LogP contribution in [-0.2, 0) is 13.1 Å². The first-order valence-electron chi connectivity index (χ1n) is 7.97. The molecule has 2 heterocycles. The molecule has 0 radical (unpaired) electrons. The smallest absolute Gasteiger partial charge is 0.229 e. The van der Waals surface area contributed by atoms with E-state index in [9.17, 15) is 0 Å². The van der Waals surface area contributed by atoms with Crippen LogP contribution < -0.4 is 5.32 Å². The van der Waals surface area contributed by atoms with Crippen molar-refractivity contribution in [3.63, 3.8) is 0 Å². The van der Waals surface area contributed by atoms with Crippen LogP contribution in [0.5, 0.6) is 0 Å². The van der Waals surface area contributed by atoms with Crippen LogP contribution >= 0.6 is 0 Å². The summed E-state index contributed by atoms with van der Waals surface area (Å²) < 4.78 is 11.0. The summed E-state index contributed by atoms with van der Waals surface area (Å²) in [7, 11) is 0. The van der Waals surface area contributed by atoms with Crippen molar-refractivity contribution < 1.29 is 8.94 Å². The predicted octanol–water partition coefficient (Wildman–Crippen LogP) is 3.81. The number of furan rings is 1. The number of rotatable bonds is 6. The zero-order valence-electron chi connectivity index (χ0n) is 13.1. The van der Waals surface area contributed by atoms with E-state index in [1.54, 1.807) is 0 Å². The van der Waals surface area contributed by atoms with Crippen LogP contribution in [0.15, 0.2) is 45.3 Å². The Morgan fingerprint density at radius 3 is 2.78 bits per heavy atom. The van der Waals surface area contributed by atoms with Gasteiger partial charge in [0.15, 0.2) is 5.82 Å². The van der Waals surface area contributed by atoms with Gasteiger partial charge >= 0.3 is 0 Å². The van der Waals surface area contributed by atoms with Gasteiger partial charge < -0.3 is 14.3 Å². The average molecular weight is 309 g/mol. The molecule has 3 aromatic rings. The van der Waals surface area contributed by atoms with Crippen LogP contribution in [0.3, 0.4) is 0 Å². The van der Waals surface area contributed by atoms with E-state index < -0.39 is 0 Å². The number of nitrogens with zero attached hydrogens (tertiary/aromatic N) is 2. The summed E-state index contributed by atoms with van der Waals surface area (Å²) in [5.74, 6) is 3.82. The van der Waals surface area contributed by atoms with E-state index in [0.29, 0.717) is 12.5 Å². The molecule has 23 heavy (non-hydrogen) atoms. The van der Waals surface area contributed by atoms with Crippen LogP contribution in [-0.4, -0.2) is 10.1 Å². The third kappa shape index (κ3) is 3.19. The summed E-state index contributed by atoms with van der Waals surface area (Å²) >= 11 is 0. The molecule has 5 nitrogen and oxygen atoms in total. The van der Waals surface area contributed by atoms with Crippen molar-refractivity contribution in [2.24, 2.45) is 0 Å². The number of hydrogen-bond acceptors (Lipinski definition) is 5. The lowest BCUT2D eigenvalue weighted by Crippen LogP contribution is -2.14. The molecule has 0 aliphatic heterocycles. The van der Waals surface area contributed by atoms with E-state index in [0.717, 1.165) is 35.3 Å². The van der Waals surface area contributed by atoms with Crippen molar-refractivity contribution in [1.82, 2.24) is 15.5 Å². The third-order valence-electron chi connectivity index (χ3n) is 4.03. The fourth-order valence-electron chi connectivity index (χ4n) is 2.64. The second-order valence-electron chi connectivity index (χ2n) is 5.99. The molecule has 4 rings (SSSR count). The van der Waals surface area contributed by atoms with Crippen molar-refractivity contribution in [3.8, 4) is 11.3 Å². The zero-order valence-corrected chi connectivity index (χ0v) is 13.1. The Morgan fingerprint density at radius 1 is 1.13 bits per heavy atom. The fraction of sp³-hybridized carbons (Fsp3) is 0.333. The van der Waals surface area contributed by atoms with Crippen LogP contribution in [0.1, 0.15) is 41.8 Å². The highest BCUT2D eigenvalue weighted by molar-refractivity contribution is 5.62. The minimum Gasteiger partial charge on any atom is -0.461 e. The van der Waals surface area contributed by atoms with E-state index in [2.05, 4.69) is 27.6 Å². The van der Waals surface area contributed by atoms with E-state index in [1.807, 2.05) is 31.2 Å². The molecule has 0 bridgehead atoms. The molecule has 0 spiro atoms. The van der Waals surface area contributed by atoms with Gasteiger partial charge in [0.2, 0.25) is 5.89 Å². The molecule has 1 aliphatic carbocycles. The lowest BCUT2D eigenvalue weighted by molar-refractivity contribution is 0.372. The summed E-state index contributed by atoms with van der Waals surface area (Å²) in [5.41, 5.74) is 2.30. The van der Waals surface area contributed by atoms with Crippen LogP contribution in [0.25, 0.3) is 11.3 Å². The Balaban J connectivity index is 1.42. The van der Waals surface area contributed by atoms with Gasteiger partial charge in [-0.15, -0.1) is 0 Å². The van der Waals surface area contributed by atoms with E-state index >= 15 is 0 Å². The van der Waals surface area contributed by atoms with Crippen molar-refractivity contribution in [2.45, 2.75) is 38.8 Å². The van der Waals surface area contributed by atoms with Crippen molar-refractivity contribution in [1.29, 1.82) is 0 Å². The van der Waals surface area contributed by atoms with Crippen LogP contribution in [0.2, 0.25) is 0 Å². The monoisotopic (exact) mass is 309 g/mol. The van der Waals surface area contributed by atoms with Gasteiger partial charge in [-0.2, -0.15) is 4.98 Å². The third-order valence-corrected chi connectivity index (χ3v) is 4.03. The van der Waals surface area contributed by atoms with Gasteiger partial charge in [0.25, 0.3) is 0 Å². The summed E-state index contributed by atoms with van der Waals surface area (Å²) in [6, 6.07) is 12.2. The summed E-state index contributed by atoms with van der Waals surface area (Å²) in [6.07, 6.45) is 2.34. The highest BCUT2D eigenvalue weighted by atomic mass is 16.5. The van der Waals surface area contributed by atoms with Crippen molar-refractivity contribution >= 4 is 0 Å². The summed E-state index contributed by atoms with van der Waals surface area (Å²) in [6.45, 7) is 3.28. The Bertz CT molecular complexity index is 802. The normalized spacial score (nSPS) is 14.3. The summed E-state index contributed by atoms with van der Waals surface area (Å²) in [5, 5.41) is 7.41. The number of aryl methyl sites for hydroxylation is 1. The van der Waals surface area contributed by atoms with Gasteiger partial charge in [-0.25, -0.2) is 0 Å². The van der Waals surface area contributed by atoms with Gasteiger partial charge in [-0.3, -0.25) is 0 Å². The van der Waals surface area contributed by atoms with Gasteiger partial charge in [-0.1, -0.05) is 29.4 Å². The standard InChI is InChI=1S/C18H19N3O2/c1-12-6-9-16(22-12)15-5-3-2-4-14(15)10-19-11-17-20-18(23-21-17)13-7-8-13/h2-6,9,13,19H,7-8,10-11H2,1H3. The molecule has 2 aromatic heterocycles. The molecule has 0 amide bonds. The highest BCUT2D eigenvalue weighted by Crippen LogP contribution is 2.38. The fourth-order valence-corrected chi connectivity index (χ4v) is 2.64. The molecule has 1 N–H and O–H groups in total. The maximum Gasteiger partial charge on any atom is 0.229 e. The Kier molecular flexibility index (Phi) is 3.71. The Hall–Kier alpha value is -2.40. The number of aromatic nitrogens is 2. The first-order valence-corrected chi connectivity index (χ1v) is 7.97. The quantitative estimate of drug-likeness (QED) is 0.750. The van der Waals surface area contributed by atoms with Crippen LogP contribution in [0.4, 0.5) is 0 Å². The zero-order chi connectivity index (χ0) is 15.6. The maximum atomic E-state index is 5.74. The lowest BCUT2D eigenvalue weighted by Gasteiger charge is -2.07. The van der Waals surface area contributed by atoms with Gasteiger partial charge in [-0.05, 0) is 37.5 Å². The highest BCUT2D eigenvalue weighted by Gasteiger charge is 2.29. The number of nitrogens with one attached hydrogen (secondary N) is 1. The molecule has 118 valence electrons. The SMILES string of the molecule is Cc1ccc(-c2ccccc2CNCc2noc(C3CC3)n2)o1. The molecule has 5 heteroatoms. The van der Waals surface area contributed by atoms with E-state index in [4.69, 9.17) is 8.94 Å². The largest absolute Gasteiger partial charge is 0.461 e. The molecule has 1 saturated carbocycles. The molecule has 0 atom stereocenters. The predicted molar refractivity (Wildman–Crippen MR) is 85.7 cm³/mol. The first kappa shape index (κ1) is 14.2. The van der Waals surface area contributed by atoms with Gasteiger partial charge in [0, 0.05) is 18.0 Å². The molecule has 1 fully saturated rings. The second-order valence-corrected chi connectivity index (χ2v) is 5.99. The minimum absolute atomic E-state index is 0.499. The van der Waals surface area contributed by atoms with Crippen molar-refractivity contribution in [3.05, 3.63) is 59.4 Å². The molecule has 1 aliphatic rings. The molecular formula is C18H19N3O2. The average Bonchev–Trinajstić information content (AvgIpc) is 3.16. The molecular weight excluding hydrogens is 290 g/mol. The Morgan fingerprint density at radius 2 is 2.00 bits per heavy atom. The first-order chi connectivity index (χ1) is 11.3.